The van der Waals surface area contributed by atoms with Gasteiger partial charge >= 0.3 is 0 Å². The minimum absolute atomic E-state index is 0.290. The van der Waals surface area contributed by atoms with E-state index < -0.39 is 0 Å². The van der Waals surface area contributed by atoms with Crippen LogP contribution in [0.25, 0.3) is 23.0 Å². The van der Waals surface area contributed by atoms with Gasteiger partial charge in [0.15, 0.2) is 5.69 Å². The van der Waals surface area contributed by atoms with Crippen LogP contribution in [0.5, 0.6) is 0 Å². The number of aryl methyl sites for hydroxylation is 2. The number of aldehydes is 1. The summed E-state index contributed by atoms with van der Waals surface area (Å²) in [6, 6.07) is 5.88. The predicted molar refractivity (Wildman–Crippen MR) is 107 cm³/mol. The third-order valence-corrected chi connectivity index (χ3v) is 5.70. The number of carbonyl (C=O) groups excluding carboxylic acids is 1. The molecule has 146 valence electrons. The monoisotopic (exact) mass is 378 g/mol. The first-order valence-electron chi connectivity index (χ1n) is 9.88. The molecule has 1 aliphatic carbocycles. The zero-order chi connectivity index (χ0) is 19.9. The molecule has 1 aliphatic rings. The number of nitrogens with zero attached hydrogens (tertiary/aromatic N) is 4. The Morgan fingerprint density at radius 1 is 1.32 bits per heavy atom. The zero-order valence-electron chi connectivity index (χ0n) is 17.0. The molecule has 28 heavy (non-hydrogen) atoms. The van der Waals surface area contributed by atoms with Crippen LogP contribution in [0.4, 0.5) is 0 Å². The van der Waals surface area contributed by atoms with Crippen molar-refractivity contribution >= 4 is 6.29 Å². The van der Waals surface area contributed by atoms with Gasteiger partial charge < -0.3 is 9.32 Å². The van der Waals surface area contributed by atoms with Crippen molar-refractivity contribution in [3.8, 4) is 23.0 Å². The number of benzene rings is 1. The number of hydrogen-bond acceptors (Lipinski definition) is 5. The summed E-state index contributed by atoms with van der Waals surface area (Å²) in [6.45, 7) is 9.55. The fourth-order valence-electron chi connectivity index (χ4n) is 4.02. The van der Waals surface area contributed by atoms with Gasteiger partial charge in [0, 0.05) is 29.8 Å². The highest BCUT2D eigenvalue weighted by molar-refractivity contribution is 5.63. The van der Waals surface area contributed by atoms with E-state index in [9.17, 15) is 4.79 Å². The Bertz CT molecular complexity index is 1030. The van der Waals surface area contributed by atoms with E-state index in [0.29, 0.717) is 18.1 Å². The molecule has 6 nitrogen and oxygen atoms in total. The lowest BCUT2D eigenvalue weighted by Gasteiger charge is -2.30. The molecule has 0 bridgehead atoms. The van der Waals surface area contributed by atoms with Crippen molar-refractivity contribution in [1.29, 1.82) is 0 Å². The van der Waals surface area contributed by atoms with E-state index in [1.54, 1.807) is 0 Å². The molecule has 4 rings (SSSR count). The predicted octanol–water partition coefficient (Wildman–Crippen LogP) is 4.18. The fourth-order valence-corrected chi connectivity index (χ4v) is 4.02. The topological polar surface area (TPSA) is 73.8 Å². The Morgan fingerprint density at radius 2 is 2.14 bits per heavy atom. The van der Waals surface area contributed by atoms with Crippen LogP contribution in [0.15, 0.2) is 22.7 Å². The van der Waals surface area contributed by atoms with Gasteiger partial charge in [0.25, 0.3) is 5.89 Å². The van der Waals surface area contributed by atoms with Gasteiger partial charge in [0.1, 0.15) is 6.29 Å². The Kier molecular flexibility index (Phi) is 4.65. The average Bonchev–Trinajstić information content (AvgIpc) is 3.27. The van der Waals surface area contributed by atoms with Crippen molar-refractivity contribution in [2.24, 2.45) is 5.41 Å². The quantitative estimate of drug-likeness (QED) is 0.623. The number of aromatic nitrogens is 4. The minimum Gasteiger partial charge on any atom is -0.332 e. The molecule has 0 saturated carbocycles. The highest BCUT2D eigenvalue weighted by Gasteiger charge is 2.32. The zero-order valence-corrected chi connectivity index (χ0v) is 17.0. The molecule has 0 fully saturated rings. The number of hydrogen-bond donors (Lipinski definition) is 0. The second kappa shape index (κ2) is 7.00. The number of rotatable bonds is 5. The van der Waals surface area contributed by atoms with E-state index in [2.05, 4.69) is 35.6 Å². The molecule has 1 aromatic carbocycles. The maximum absolute atomic E-state index is 10.8. The van der Waals surface area contributed by atoms with Crippen molar-refractivity contribution in [2.45, 2.75) is 59.9 Å². The summed E-state index contributed by atoms with van der Waals surface area (Å²) >= 11 is 0. The summed E-state index contributed by atoms with van der Waals surface area (Å²) in [7, 11) is 0. The smallest absolute Gasteiger partial charge is 0.279 e. The second-order valence-corrected chi connectivity index (χ2v) is 8.37. The van der Waals surface area contributed by atoms with Gasteiger partial charge in [-0.05, 0) is 55.7 Å². The highest BCUT2D eigenvalue weighted by Crippen LogP contribution is 2.39. The first-order valence-corrected chi connectivity index (χ1v) is 9.88. The third-order valence-electron chi connectivity index (χ3n) is 5.70. The van der Waals surface area contributed by atoms with E-state index in [0.717, 1.165) is 54.5 Å². The number of fused-ring (bicyclic) bond motifs is 1. The molecule has 3 aromatic rings. The van der Waals surface area contributed by atoms with Crippen LogP contribution < -0.4 is 0 Å². The van der Waals surface area contributed by atoms with Crippen LogP contribution in [0, 0.1) is 12.3 Å². The van der Waals surface area contributed by atoms with Crippen LogP contribution in [-0.4, -0.2) is 26.2 Å². The molecule has 2 aromatic heterocycles. The second-order valence-electron chi connectivity index (χ2n) is 8.37. The molecule has 0 radical (unpaired) electrons. The summed E-state index contributed by atoms with van der Waals surface area (Å²) < 4.78 is 7.68. The number of carbonyl (C=O) groups is 1. The third kappa shape index (κ3) is 3.28. The molecule has 0 unspecified atom stereocenters. The Hall–Kier alpha value is -2.76. The fraction of sp³-hybridized carbons (Fsp3) is 0.455. The Morgan fingerprint density at radius 3 is 2.86 bits per heavy atom. The van der Waals surface area contributed by atoms with Crippen molar-refractivity contribution < 1.29 is 9.32 Å². The Labute approximate surface area is 165 Å². The largest absolute Gasteiger partial charge is 0.332 e. The molecular formula is C22H26N4O2. The standard InChI is InChI=1S/C22H26N4O2/c1-5-26-18-13-22(3,4)10-8-17(18)19(24-26)21-23-20(25-28-21)16-7-6-15(9-11-27)14(2)12-16/h6-7,11-12H,5,8-10,13H2,1-4H3. The minimum atomic E-state index is 0.290. The molecule has 0 N–H and O–H groups in total. The van der Waals surface area contributed by atoms with E-state index in [-0.39, 0.29) is 5.41 Å². The molecule has 0 atom stereocenters. The molecule has 0 aliphatic heterocycles. The van der Waals surface area contributed by atoms with Crippen molar-refractivity contribution in [3.63, 3.8) is 0 Å². The van der Waals surface area contributed by atoms with Crippen molar-refractivity contribution in [2.75, 3.05) is 0 Å². The first-order chi connectivity index (χ1) is 13.4. The van der Waals surface area contributed by atoms with Gasteiger partial charge in [-0.15, -0.1) is 0 Å². The summed E-state index contributed by atoms with van der Waals surface area (Å²) in [6.07, 6.45) is 4.46. The van der Waals surface area contributed by atoms with E-state index in [1.165, 1.54) is 11.3 Å². The van der Waals surface area contributed by atoms with Crippen molar-refractivity contribution in [1.82, 2.24) is 19.9 Å². The Balaban J connectivity index is 1.70. The van der Waals surface area contributed by atoms with Gasteiger partial charge in [-0.25, -0.2) is 0 Å². The van der Waals surface area contributed by atoms with Gasteiger partial charge in [-0.3, -0.25) is 4.68 Å². The lowest BCUT2D eigenvalue weighted by molar-refractivity contribution is -0.107. The summed E-state index contributed by atoms with van der Waals surface area (Å²) in [5, 5.41) is 8.98. The van der Waals surface area contributed by atoms with Crippen LogP contribution >= 0.6 is 0 Å². The summed E-state index contributed by atoms with van der Waals surface area (Å²) in [5.74, 6) is 1.03. The summed E-state index contributed by atoms with van der Waals surface area (Å²) in [5.41, 5.74) is 6.59. The van der Waals surface area contributed by atoms with Gasteiger partial charge in [-0.2, -0.15) is 10.1 Å². The lowest BCUT2D eigenvalue weighted by Crippen LogP contribution is -2.24. The summed E-state index contributed by atoms with van der Waals surface area (Å²) in [4.78, 5) is 15.4. The van der Waals surface area contributed by atoms with Crippen LogP contribution in [0.3, 0.4) is 0 Å². The normalized spacial score (nSPS) is 15.4. The van der Waals surface area contributed by atoms with E-state index >= 15 is 0 Å². The van der Waals surface area contributed by atoms with Crippen LogP contribution in [0.2, 0.25) is 0 Å². The lowest BCUT2D eigenvalue weighted by atomic mass is 9.76. The molecule has 2 heterocycles. The average molecular weight is 378 g/mol. The molecular weight excluding hydrogens is 352 g/mol. The van der Waals surface area contributed by atoms with Gasteiger partial charge in [0.05, 0.1) is 0 Å². The first kappa shape index (κ1) is 18.6. The van der Waals surface area contributed by atoms with Crippen LogP contribution in [0.1, 0.15) is 49.6 Å². The highest BCUT2D eigenvalue weighted by atomic mass is 16.5. The maximum atomic E-state index is 10.8. The van der Waals surface area contributed by atoms with Crippen LogP contribution in [-0.2, 0) is 30.6 Å². The molecule has 0 saturated heterocycles. The van der Waals surface area contributed by atoms with Gasteiger partial charge in [-0.1, -0.05) is 31.1 Å². The molecule has 0 amide bonds. The van der Waals surface area contributed by atoms with Crippen molar-refractivity contribution in [3.05, 3.63) is 40.6 Å². The van der Waals surface area contributed by atoms with E-state index in [4.69, 9.17) is 9.62 Å². The molecule has 0 spiro atoms. The SMILES string of the molecule is CCn1nc(-c2nc(-c3ccc(CC=O)c(C)c3)no2)c2c1CC(C)(C)CC2. The van der Waals surface area contributed by atoms with Gasteiger partial charge in [0.2, 0.25) is 5.82 Å². The van der Waals surface area contributed by atoms with E-state index in [1.807, 2.05) is 25.1 Å². The molecule has 6 heteroatoms. The maximum Gasteiger partial charge on any atom is 0.279 e.